The third kappa shape index (κ3) is 4.48. The van der Waals surface area contributed by atoms with Crippen LogP contribution >= 0.6 is 0 Å². The largest absolute Gasteiger partial charge is 0.494 e. The summed E-state index contributed by atoms with van der Waals surface area (Å²) in [5.41, 5.74) is 2.74. The van der Waals surface area contributed by atoms with Crippen LogP contribution in [0.3, 0.4) is 0 Å². The number of halogens is 1. The molecule has 1 amide bonds. The van der Waals surface area contributed by atoms with Crippen molar-refractivity contribution < 1.29 is 13.9 Å². The van der Waals surface area contributed by atoms with Gasteiger partial charge in [0.15, 0.2) is 0 Å². The lowest BCUT2D eigenvalue weighted by Gasteiger charge is -2.03. The van der Waals surface area contributed by atoms with Gasteiger partial charge in [-0.25, -0.2) is 0 Å². The van der Waals surface area contributed by atoms with Crippen molar-refractivity contribution in [2.24, 2.45) is 0 Å². The number of H-pyrrole nitrogens is 1. The Hall–Kier alpha value is -2.04. The highest BCUT2D eigenvalue weighted by Gasteiger charge is 2.17. The van der Waals surface area contributed by atoms with Crippen molar-refractivity contribution >= 4 is 12.0 Å². The number of hydrogen-bond acceptors (Lipinski definition) is 2. The first-order valence-electron chi connectivity index (χ1n) is 7.25. The van der Waals surface area contributed by atoms with Crippen LogP contribution in [-0.4, -0.2) is 24.7 Å². The third-order valence-corrected chi connectivity index (χ3v) is 3.40. The fraction of sp³-hybridized carbons (Fsp3) is 0.438. The minimum absolute atomic E-state index is 0.169. The summed E-state index contributed by atoms with van der Waals surface area (Å²) >= 11 is 0. The Morgan fingerprint density at radius 1 is 1.24 bits per heavy atom. The Labute approximate surface area is 124 Å². The quantitative estimate of drug-likeness (QED) is 0.723. The number of amides is 1. The van der Waals surface area contributed by atoms with Gasteiger partial charge in [-0.3, -0.25) is 9.18 Å². The molecule has 0 atom stereocenters. The van der Waals surface area contributed by atoms with E-state index >= 15 is 0 Å². The van der Waals surface area contributed by atoms with Crippen molar-refractivity contribution in [3.8, 4) is 0 Å². The summed E-state index contributed by atoms with van der Waals surface area (Å²) in [5, 5.41) is 2.73. The minimum atomic E-state index is -0.221. The standard InChI is InChI=1S/C16H21FN2O2/c1-21-15-11-16(20)19-14(15)10-13-8-7-12(18-13)6-4-2-3-5-9-17/h7-8,10-11,18H,2-6,9H2,1H3,(H,19,20)/b14-10-. The van der Waals surface area contributed by atoms with Gasteiger partial charge in [0.1, 0.15) is 5.76 Å². The van der Waals surface area contributed by atoms with Gasteiger partial charge in [-0.2, -0.15) is 0 Å². The molecule has 0 unspecified atom stereocenters. The van der Waals surface area contributed by atoms with E-state index in [9.17, 15) is 9.18 Å². The molecule has 0 spiro atoms. The van der Waals surface area contributed by atoms with Crippen molar-refractivity contribution in [2.45, 2.75) is 32.1 Å². The van der Waals surface area contributed by atoms with Crippen LogP contribution in [0.2, 0.25) is 0 Å². The van der Waals surface area contributed by atoms with E-state index in [0.717, 1.165) is 37.1 Å². The lowest BCUT2D eigenvalue weighted by atomic mass is 10.1. The third-order valence-electron chi connectivity index (χ3n) is 3.40. The van der Waals surface area contributed by atoms with Crippen LogP contribution in [0.5, 0.6) is 0 Å². The molecule has 2 N–H and O–H groups in total. The van der Waals surface area contributed by atoms with E-state index in [2.05, 4.69) is 10.3 Å². The molecule has 4 nitrogen and oxygen atoms in total. The Balaban J connectivity index is 1.88. The molecule has 0 fully saturated rings. The number of aromatic nitrogens is 1. The Kier molecular flexibility index (Phi) is 5.60. The molecule has 0 saturated heterocycles. The zero-order valence-electron chi connectivity index (χ0n) is 12.2. The van der Waals surface area contributed by atoms with Crippen molar-refractivity contribution in [3.05, 3.63) is 41.1 Å². The number of unbranched alkanes of at least 4 members (excludes halogenated alkanes) is 3. The predicted molar refractivity (Wildman–Crippen MR) is 80.2 cm³/mol. The van der Waals surface area contributed by atoms with Crippen LogP contribution < -0.4 is 5.32 Å². The summed E-state index contributed by atoms with van der Waals surface area (Å²) in [6.07, 6.45) is 7.95. The van der Waals surface area contributed by atoms with Gasteiger partial charge in [0.2, 0.25) is 0 Å². The van der Waals surface area contributed by atoms with Crippen molar-refractivity contribution in [1.29, 1.82) is 0 Å². The van der Waals surface area contributed by atoms with E-state index in [4.69, 9.17) is 4.74 Å². The van der Waals surface area contributed by atoms with Crippen LogP contribution in [0, 0.1) is 0 Å². The highest BCUT2D eigenvalue weighted by Crippen LogP contribution is 2.18. The minimum Gasteiger partial charge on any atom is -0.494 e. The first kappa shape index (κ1) is 15.4. The van der Waals surface area contributed by atoms with Gasteiger partial charge in [-0.05, 0) is 37.5 Å². The number of aryl methyl sites for hydroxylation is 1. The molecule has 0 saturated carbocycles. The summed E-state index contributed by atoms with van der Waals surface area (Å²) in [6, 6.07) is 4.01. The summed E-state index contributed by atoms with van der Waals surface area (Å²) in [5.74, 6) is 0.375. The second-order valence-electron chi connectivity index (χ2n) is 5.05. The molecule has 0 aromatic carbocycles. The number of aromatic amines is 1. The highest BCUT2D eigenvalue weighted by molar-refractivity contribution is 5.95. The van der Waals surface area contributed by atoms with E-state index in [1.54, 1.807) is 0 Å². The lowest BCUT2D eigenvalue weighted by Crippen LogP contribution is -2.13. The maximum atomic E-state index is 12.0. The van der Waals surface area contributed by atoms with E-state index in [1.165, 1.54) is 13.2 Å². The number of nitrogens with one attached hydrogen (secondary N) is 2. The van der Waals surface area contributed by atoms with Crippen LogP contribution in [0.25, 0.3) is 6.08 Å². The second kappa shape index (κ2) is 7.67. The van der Waals surface area contributed by atoms with Gasteiger partial charge in [0, 0.05) is 17.5 Å². The average molecular weight is 292 g/mol. The van der Waals surface area contributed by atoms with Crippen LogP contribution in [-0.2, 0) is 16.0 Å². The van der Waals surface area contributed by atoms with Crippen LogP contribution in [0.1, 0.15) is 37.1 Å². The van der Waals surface area contributed by atoms with E-state index in [1.807, 2.05) is 18.2 Å². The van der Waals surface area contributed by atoms with E-state index in [0.29, 0.717) is 17.9 Å². The predicted octanol–water partition coefficient (Wildman–Crippen LogP) is 3.09. The van der Waals surface area contributed by atoms with Crippen LogP contribution in [0.15, 0.2) is 29.7 Å². The monoisotopic (exact) mass is 292 g/mol. The summed E-state index contributed by atoms with van der Waals surface area (Å²) in [7, 11) is 1.54. The maximum absolute atomic E-state index is 12.0. The number of methoxy groups -OCH3 is 1. The number of rotatable bonds is 8. The Morgan fingerprint density at radius 3 is 2.81 bits per heavy atom. The summed E-state index contributed by atoms with van der Waals surface area (Å²) in [4.78, 5) is 14.6. The molecule has 114 valence electrons. The van der Waals surface area contributed by atoms with Crippen molar-refractivity contribution in [2.75, 3.05) is 13.8 Å². The molecule has 1 aliphatic heterocycles. The van der Waals surface area contributed by atoms with Crippen molar-refractivity contribution in [3.63, 3.8) is 0 Å². The topological polar surface area (TPSA) is 54.1 Å². The normalized spacial score (nSPS) is 16.2. The van der Waals surface area contributed by atoms with Gasteiger partial charge in [0.05, 0.1) is 19.5 Å². The highest BCUT2D eigenvalue weighted by atomic mass is 19.1. The van der Waals surface area contributed by atoms with Gasteiger partial charge in [0.25, 0.3) is 5.91 Å². The number of alkyl halides is 1. The fourth-order valence-electron chi connectivity index (χ4n) is 2.31. The zero-order valence-corrected chi connectivity index (χ0v) is 12.2. The Bertz CT molecular complexity index is 546. The number of hydrogen-bond donors (Lipinski definition) is 2. The summed E-state index contributed by atoms with van der Waals surface area (Å²) < 4.78 is 17.1. The molecule has 2 heterocycles. The molecule has 0 bridgehead atoms. The van der Waals surface area contributed by atoms with Gasteiger partial charge >= 0.3 is 0 Å². The van der Waals surface area contributed by atoms with E-state index in [-0.39, 0.29) is 12.6 Å². The number of ether oxygens (including phenoxy) is 1. The SMILES string of the molecule is COC1=CC(=O)N/C1=C\c1ccc(CCCCCCF)[nH]1. The smallest absolute Gasteiger partial charge is 0.252 e. The van der Waals surface area contributed by atoms with Gasteiger partial charge in [-0.1, -0.05) is 12.8 Å². The first-order chi connectivity index (χ1) is 10.2. The van der Waals surface area contributed by atoms with Crippen LogP contribution in [0.4, 0.5) is 4.39 Å². The van der Waals surface area contributed by atoms with Gasteiger partial charge < -0.3 is 15.0 Å². The molecular weight excluding hydrogens is 271 g/mol. The molecule has 5 heteroatoms. The maximum Gasteiger partial charge on any atom is 0.252 e. The molecule has 1 aromatic rings. The molecular formula is C16H21FN2O2. The lowest BCUT2D eigenvalue weighted by molar-refractivity contribution is -0.115. The summed E-state index contributed by atoms with van der Waals surface area (Å²) in [6.45, 7) is -0.221. The molecule has 0 radical (unpaired) electrons. The molecule has 2 rings (SSSR count). The molecule has 0 aliphatic carbocycles. The van der Waals surface area contributed by atoms with Gasteiger partial charge in [-0.15, -0.1) is 0 Å². The first-order valence-corrected chi connectivity index (χ1v) is 7.25. The number of carbonyl (C=O) groups excluding carboxylic acids is 1. The fourth-order valence-corrected chi connectivity index (χ4v) is 2.31. The second-order valence-corrected chi connectivity index (χ2v) is 5.05. The van der Waals surface area contributed by atoms with E-state index < -0.39 is 0 Å². The van der Waals surface area contributed by atoms with Crippen molar-refractivity contribution in [1.82, 2.24) is 10.3 Å². The zero-order chi connectivity index (χ0) is 15.1. The molecule has 1 aromatic heterocycles. The molecule has 1 aliphatic rings. The number of carbonyl (C=O) groups is 1. The average Bonchev–Trinajstić information content (AvgIpc) is 3.05. The molecule has 21 heavy (non-hydrogen) atoms. The Morgan fingerprint density at radius 2 is 2.05 bits per heavy atom.